The molecule has 0 radical (unpaired) electrons. The number of H-pyrrole nitrogens is 1. The summed E-state index contributed by atoms with van der Waals surface area (Å²) in [6.07, 6.45) is 5.27. The highest BCUT2D eigenvalue weighted by Gasteiger charge is 2.38. The maximum atomic E-state index is 12.7. The van der Waals surface area contributed by atoms with Gasteiger partial charge in [0.05, 0.1) is 5.41 Å². The Labute approximate surface area is 146 Å². The van der Waals surface area contributed by atoms with E-state index in [0.29, 0.717) is 12.0 Å². The quantitative estimate of drug-likeness (QED) is 0.772. The number of rotatable bonds is 2. The maximum absolute atomic E-state index is 12.7. The highest BCUT2D eigenvalue weighted by molar-refractivity contribution is 5.90. The van der Waals surface area contributed by atoms with E-state index < -0.39 is 5.41 Å². The number of carbonyl (C=O) groups is 1. The van der Waals surface area contributed by atoms with E-state index in [1.54, 1.807) is 0 Å². The number of fused-ring (bicyclic) bond motifs is 1. The average molecular weight is 334 g/mol. The smallest absolute Gasteiger partial charge is 0.252 e. The lowest BCUT2D eigenvalue weighted by atomic mass is 9.70. The number of carbonyl (C=O) groups excluding carboxylic acids is 1. The standard InChI is InChI=1S/C21H22N2O2/c1-21(11-4-3-5-19(21)24)16-8-9-17(22-20(16)25)15-7-6-14-10-12-23(2)18(14)13-15/h6-10,12-13H,3-5,11H2,1-2H3,(H,22,25)/t21-/m1/s1. The van der Waals surface area contributed by atoms with Gasteiger partial charge in [-0.1, -0.05) is 24.6 Å². The minimum atomic E-state index is -0.646. The molecule has 0 bridgehead atoms. The topological polar surface area (TPSA) is 54.9 Å². The highest BCUT2D eigenvalue weighted by Crippen LogP contribution is 2.35. The first-order valence-corrected chi connectivity index (χ1v) is 8.82. The van der Waals surface area contributed by atoms with Crippen molar-refractivity contribution < 1.29 is 4.79 Å². The van der Waals surface area contributed by atoms with Crippen molar-refractivity contribution in [2.75, 3.05) is 0 Å². The zero-order valence-corrected chi connectivity index (χ0v) is 14.6. The number of hydrogen-bond donors (Lipinski definition) is 1. The molecule has 2 heterocycles. The van der Waals surface area contributed by atoms with Crippen LogP contribution in [0.25, 0.3) is 22.2 Å². The van der Waals surface area contributed by atoms with Crippen molar-refractivity contribution >= 4 is 16.7 Å². The van der Waals surface area contributed by atoms with Gasteiger partial charge in [0.25, 0.3) is 5.56 Å². The van der Waals surface area contributed by atoms with E-state index in [9.17, 15) is 9.59 Å². The third-order valence-electron chi connectivity index (χ3n) is 5.65. The first kappa shape index (κ1) is 15.9. The van der Waals surface area contributed by atoms with Crippen molar-refractivity contribution in [3.05, 3.63) is 58.5 Å². The van der Waals surface area contributed by atoms with Crippen molar-refractivity contribution in [1.29, 1.82) is 0 Å². The second-order valence-electron chi connectivity index (χ2n) is 7.28. The summed E-state index contributed by atoms with van der Waals surface area (Å²) in [6.45, 7) is 1.91. The highest BCUT2D eigenvalue weighted by atomic mass is 16.1. The van der Waals surface area contributed by atoms with Gasteiger partial charge in [-0.15, -0.1) is 0 Å². The van der Waals surface area contributed by atoms with E-state index in [0.717, 1.165) is 36.0 Å². The number of nitrogens with zero attached hydrogens (tertiary/aromatic N) is 1. The predicted molar refractivity (Wildman–Crippen MR) is 99.8 cm³/mol. The number of nitrogens with one attached hydrogen (secondary N) is 1. The maximum Gasteiger partial charge on any atom is 0.252 e. The lowest BCUT2D eigenvalue weighted by molar-refractivity contribution is -0.125. The summed E-state index contributed by atoms with van der Waals surface area (Å²) in [4.78, 5) is 28.1. The van der Waals surface area contributed by atoms with Crippen molar-refractivity contribution in [2.24, 2.45) is 7.05 Å². The molecule has 3 aromatic rings. The van der Waals surface area contributed by atoms with Gasteiger partial charge in [-0.05, 0) is 43.4 Å². The van der Waals surface area contributed by atoms with Crippen LogP contribution in [-0.4, -0.2) is 15.3 Å². The number of Topliss-reactive ketones (excluding diaryl/α,β-unsaturated/α-hetero) is 1. The van der Waals surface area contributed by atoms with Crippen molar-refractivity contribution in [3.63, 3.8) is 0 Å². The monoisotopic (exact) mass is 334 g/mol. The van der Waals surface area contributed by atoms with E-state index in [1.165, 1.54) is 5.39 Å². The first-order valence-electron chi connectivity index (χ1n) is 8.82. The number of pyridine rings is 1. The molecule has 1 N–H and O–H groups in total. The molecule has 0 unspecified atom stereocenters. The summed E-state index contributed by atoms with van der Waals surface area (Å²) in [6, 6.07) is 12.0. The van der Waals surface area contributed by atoms with Crippen LogP contribution in [0.5, 0.6) is 0 Å². The van der Waals surface area contributed by atoms with Crippen molar-refractivity contribution in [2.45, 2.75) is 38.0 Å². The summed E-state index contributed by atoms with van der Waals surface area (Å²) in [5.41, 5.74) is 2.67. The Morgan fingerprint density at radius 1 is 1.08 bits per heavy atom. The van der Waals surface area contributed by atoms with E-state index in [-0.39, 0.29) is 11.3 Å². The van der Waals surface area contributed by atoms with Crippen molar-refractivity contribution in [1.82, 2.24) is 9.55 Å². The number of aromatic amines is 1. The molecule has 1 aromatic carbocycles. The molecule has 1 saturated carbocycles. The van der Waals surface area contributed by atoms with Crippen LogP contribution in [0.15, 0.2) is 47.4 Å². The molecule has 2 aromatic heterocycles. The van der Waals surface area contributed by atoms with Crippen molar-refractivity contribution in [3.8, 4) is 11.3 Å². The fourth-order valence-electron chi connectivity index (χ4n) is 3.97. The lowest BCUT2D eigenvalue weighted by Gasteiger charge is -2.31. The molecular weight excluding hydrogens is 312 g/mol. The summed E-state index contributed by atoms with van der Waals surface area (Å²) in [5, 5.41) is 1.17. The number of ketones is 1. The molecule has 1 atom stereocenters. The normalized spacial score (nSPS) is 21.0. The molecule has 4 heteroatoms. The molecule has 1 aliphatic carbocycles. The third-order valence-corrected chi connectivity index (χ3v) is 5.65. The molecule has 0 aliphatic heterocycles. The number of aryl methyl sites for hydroxylation is 1. The largest absolute Gasteiger partial charge is 0.351 e. The third kappa shape index (κ3) is 2.53. The molecule has 4 rings (SSSR count). The molecule has 128 valence electrons. The van der Waals surface area contributed by atoms with Crippen LogP contribution in [0.1, 0.15) is 38.2 Å². The number of benzene rings is 1. The van der Waals surface area contributed by atoms with Crippen LogP contribution in [-0.2, 0) is 17.3 Å². The number of aromatic nitrogens is 2. The second kappa shape index (κ2) is 5.73. The molecule has 1 fully saturated rings. The summed E-state index contributed by atoms with van der Waals surface area (Å²) < 4.78 is 2.06. The van der Waals surface area contributed by atoms with E-state index in [1.807, 2.05) is 38.4 Å². The average Bonchev–Trinajstić information content (AvgIpc) is 2.98. The summed E-state index contributed by atoms with van der Waals surface area (Å²) in [7, 11) is 2.01. The fourth-order valence-corrected chi connectivity index (χ4v) is 3.97. The molecule has 0 amide bonds. The molecule has 4 nitrogen and oxygen atoms in total. The van der Waals surface area contributed by atoms with Crippen LogP contribution in [0.3, 0.4) is 0 Å². The Bertz CT molecular complexity index is 1030. The second-order valence-corrected chi connectivity index (χ2v) is 7.28. The van der Waals surface area contributed by atoms with Gasteiger partial charge in [0.15, 0.2) is 0 Å². The molecule has 1 aliphatic rings. The van der Waals surface area contributed by atoms with Gasteiger partial charge in [-0.2, -0.15) is 0 Å². The van der Waals surface area contributed by atoms with Crippen LogP contribution >= 0.6 is 0 Å². The zero-order chi connectivity index (χ0) is 17.6. The van der Waals surface area contributed by atoms with Crippen LogP contribution in [0.4, 0.5) is 0 Å². The Morgan fingerprint density at radius 2 is 1.92 bits per heavy atom. The lowest BCUT2D eigenvalue weighted by Crippen LogP contribution is -2.40. The van der Waals surface area contributed by atoms with Gasteiger partial charge >= 0.3 is 0 Å². The summed E-state index contributed by atoms with van der Waals surface area (Å²) in [5.74, 6) is 0.183. The SMILES string of the molecule is Cn1ccc2ccc(-c3ccc([C@@]4(C)CCCCC4=O)c(=O)[nH]3)cc21. The van der Waals surface area contributed by atoms with Crippen LogP contribution in [0.2, 0.25) is 0 Å². The van der Waals surface area contributed by atoms with E-state index in [4.69, 9.17) is 0 Å². The number of hydrogen-bond acceptors (Lipinski definition) is 2. The Kier molecular flexibility index (Phi) is 3.64. The summed E-state index contributed by atoms with van der Waals surface area (Å²) >= 11 is 0. The minimum Gasteiger partial charge on any atom is -0.351 e. The first-order chi connectivity index (χ1) is 12.0. The Morgan fingerprint density at radius 3 is 2.68 bits per heavy atom. The predicted octanol–water partition coefficient (Wildman–Crippen LogP) is 3.93. The van der Waals surface area contributed by atoms with Gasteiger partial charge in [0.1, 0.15) is 5.78 Å². The van der Waals surface area contributed by atoms with E-state index >= 15 is 0 Å². The van der Waals surface area contributed by atoms with Gasteiger partial charge in [-0.3, -0.25) is 9.59 Å². The molecule has 0 spiro atoms. The van der Waals surface area contributed by atoms with Crippen LogP contribution < -0.4 is 5.56 Å². The van der Waals surface area contributed by atoms with Gasteiger partial charge in [0.2, 0.25) is 0 Å². The van der Waals surface area contributed by atoms with Gasteiger partial charge < -0.3 is 9.55 Å². The molecular formula is C21H22N2O2. The minimum absolute atomic E-state index is 0.151. The van der Waals surface area contributed by atoms with Gasteiger partial charge in [0, 0.05) is 42.0 Å². The van der Waals surface area contributed by atoms with E-state index in [2.05, 4.69) is 27.8 Å². The zero-order valence-electron chi connectivity index (χ0n) is 14.6. The molecule has 0 saturated heterocycles. The Balaban J connectivity index is 1.77. The molecule has 25 heavy (non-hydrogen) atoms. The Hall–Kier alpha value is -2.62. The van der Waals surface area contributed by atoms with Crippen LogP contribution in [0, 0.1) is 0 Å². The fraction of sp³-hybridized carbons (Fsp3) is 0.333. The van der Waals surface area contributed by atoms with Gasteiger partial charge in [-0.25, -0.2) is 0 Å².